The van der Waals surface area contributed by atoms with Crippen molar-refractivity contribution in [2.24, 2.45) is 5.73 Å². The Morgan fingerprint density at radius 2 is 1.69 bits per heavy atom. The van der Waals surface area contributed by atoms with E-state index in [0.29, 0.717) is 5.92 Å². The summed E-state index contributed by atoms with van der Waals surface area (Å²) in [5.41, 5.74) is 7.35. The fourth-order valence-corrected chi connectivity index (χ4v) is 2.45. The second kappa shape index (κ2) is 4.74. The first-order valence-electron chi connectivity index (χ1n) is 5.73. The average Bonchev–Trinajstić information content (AvgIpc) is 2.74. The van der Waals surface area contributed by atoms with E-state index in [9.17, 15) is 0 Å². The molecule has 1 saturated carbocycles. The Bertz CT molecular complexity index is 343. The minimum atomic E-state index is 0.275. The summed E-state index contributed by atoms with van der Waals surface area (Å²) in [6.07, 6.45) is 3.49. The lowest BCUT2D eigenvalue weighted by Gasteiger charge is -2.17. The second-order valence-electron chi connectivity index (χ2n) is 4.35. The van der Waals surface area contributed by atoms with Crippen LogP contribution in [0, 0.1) is 0 Å². The van der Waals surface area contributed by atoms with Gasteiger partial charge in [-0.1, -0.05) is 6.42 Å². The van der Waals surface area contributed by atoms with Crippen molar-refractivity contribution < 1.29 is 9.47 Å². The Labute approximate surface area is 96.5 Å². The van der Waals surface area contributed by atoms with E-state index in [1.165, 1.54) is 12.0 Å². The highest BCUT2D eigenvalue weighted by molar-refractivity contribution is 5.40. The zero-order valence-corrected chi connectivity index (χ0v) is 9.90. The normalized spacial score (nSPS) is 24.4. The van der Waals surface area contributed by atoms with E-state index in [4.69, 9.17) is 15.2 Å². The van der Waals surface area contributed by atoms with Crippen LogP contribution in [0.3, 0.4) is 0 Å². The van der Waals surface area contributed by atoms with Crippen molar-refractivity contribution in [3.8, 4) is 11.5 Å². The van der Waals surface area contributed by atoms with E-state index in [-0.39, 0.29) is 6.04 Å². The molecule has 2 rings (SSSR count). The van der Waals surface area contributed by atoms with Crippen molar-refractivity contribution in [3.05, 3.63) is 23.8 Å². The lowest BCUT2D eigenvalue weighted by molar-refractivity contribution is 0.392. The molecule has 2 unspecified atom stereocenters. The highest BCUT2D eigenvalue weighted by atomic mass is 16.5. The van der Waals surface area contributed by atoms with Gasteiger partial charge in [-0.3, -0.25) is 0 Å². The van der Waals surface area contributed by atoms with E-state index in [1.54, 1.807) is 14.2 Å². The summed E-state index contributed by atoms with van der Waals surface area (Å²) in [5.74, 6) is 2.13. The Morgan fingerprint density at radius 3 is 2.12 bits per heavy atom. The quantitative estimate of drug-likeness (QED) is 0.851. The first-order valence-corrected chi connectivity index (χ1v) is 5.73. The predicted molar refractivity (Wildman–Crippen MR) is 64.1 cm³/mol. The van der Waals surface area contributed by atoms with Gasteiger partial charge in [0.25, 0.3) is 0 Å². The molecule has 0 radical (unpaired) electrons. The second-order valence-corrected chi connectivity index (χ2v) is 4.35. The maximum absolute atomic E-state index is 6.11. The summed E-state index contributed by atoms with van der Waals surface area (Å²) in [6.45, 7) is 0. The molecule has 16 heavy (non-hydrogen) atoms. The number of methoxy groups -OCH3 is 2. The molecular weight excluding hydrogens is 202 g/mol. The van der Waals surface area contributed by atoms with Gasteiger partial charge in [0, 0.05) is 12.1 Å². The molecule has 0 heterocycles. The Morgan fingerprint density at radius 1 is 1.06 bits per heavy atom. The summed E-state index contributed by atoms with van der Waals surface area (Å²) >= 11 is 0. The van der Waals surface area contributed by atoms with Crippen LogP contribution in [0.1, 0.15) is 30.7 Å². The van der Waals surface area contributed by atoms with Gasteiger partial charge >= 0.3 is 0 Å². The van der Waals surface area contributed by atoms with Gasteiger partial charge in [-0.05, 0) is 36.5 Å². The van der Waals surface area contributed by atoms with Crippen molar-refractivity contribution in [2.45, 2.75) is 31.2 Å². The van der Waals surface area contributed by atoms with Gasteiger partial charge in [0.05, 0.1) is 14.2 Å². The van der Waals surface area contributed by atoms with Crippen LogP contribution in [0.5, 0.6) is 11.5 Å². The third-order valence-electron chi connectivity index (χ3n) is 3.37. The molecule has 3 heteroatoms. The number of rotatable bonds is 3. The molecular formula is C13H19NO2. The summed E-state index contributed by atoms with van der Waals surface area (Å²) in [7, 11) is 3.35. The molecule has 0 aliphatic heterocycles. The highest BCUT2D eigenvalue weighted by Crippen LogP contribution is 2.36. The highest BCUT2D eigenvalue weighted by Gasteiger charge is 2.26. The topological polar surface area (TPSA) is 44.5 Å². The minimum absolute atomic E-state index is 0.275. The van der Waals surface area contributed by atoms with Gasteiger partial charge in [-0.2, -0.15) is 0 Å². The van der Waals surface area contributed by atoms with Crippen molar-refractivity contribution in [1.82, 2.24) is 0 Å². The van der Waals surface area contributed by atoms with Gasteiger partial charge in [-0.15, -0.1) is 0 Å². The monoisotopic (exact) mass is 221 g/mol. The van der Waals surface area contributed by atoms with Crippen molar-refractivity contribution >= 4 is 0 Å². The molecule has 0 amide bonds. The first kappa shape index (κ1) is 11.3. The first-order chi connectivity index (χ1) is 7.74. The Kier molecular flexibility index (Phi) is 3.34. The van der Waals surface area contributed by atoms with Crippen molar-refractivity contribution in [3.63, 3.8) is 0 Å². The summed E-state index contributed by atoms with van der Waals surface area (Å²) in [6, 6.07) is 6.30. The van der Waals surface area contributed by atoms with Crippen LogP contribution in [0.15, 0.2) is 18.2 Å². The van der Waals surface area contributed by atoms with Crippen LogP contribution in [-0.2, 0) is 0 Å². The van der Waals surface area contributed by atoms with Crippen LogP contribution in [0.25, 0.3) is 0 Å². The van der Waals surface area contributed by atoms with E-state index in [1.807, 2.05) is 6.07 Å². The zero-order valence-electron chi connectivity index (χ0n) is 9.90. The molecule has 2 atom stereocenters. The molecule has 1 aromatic carbocycles. The minimum Gasteiger partial charge on any atom is -0.497 e. The standard InChI is InChI=1S/C13H19NO2/c1-15-10-6-9(7-11(8-10)16-2)12-4-3-5-13(12)14/h6-8,12-13H,3-5,14H2,1-2H3. The third-order valence-corrected chi connectivity index (χ3v) is 3.37. The van der Waals surface area contributed by atoms with Crippen LogP contribution in [0.2, 0.25) is 0 Å². The van der Waals surface area contributed by atoms with Gasteiger partial charge in [0.2, 0.25) is 0 Å². The van der Waals surface area contributed by atoms with E-state index < -0.39 is 0 Å². The largest absolute Gasteiger partial charge is 0.497 e. The van der Waals surface area contributed by atoms with Crippen LogP contribution in [0.4, 0.5) is 0 Å². The molecule has 88 valence electrons. The number of ether oxygens (including phenoxy) is 2. The van der Waals surface area contributed by atoms with Crippen LogP contribution < -0.4 is 15.2 Å². The molecule has 0 saturated heterocycles. The molecule has 2 N–H and O–H groups in total. The Hall–Kier alpha value is -1.22. The SMILES string of the molecule is COc1cc(OC)cc(C2CCCC2N)c1. The number of nitrogens with two attached hydrogens (primary N) is 1. The molecule has 0 bridgehead atoms. The Balaban J connectivity index is 2.31. The van der Waals surface area contributed by atoms with E-state index in [0.717, 1.165) is 24.3 Å². The van der Waals surface area contributed by atoms with Gasteiger partial charge < -0.3 is 15.2 Å². The number of hydrogen-bond donors (Lipinski definition) is 1. The maximum Gasteiger partial charge on any atom is 0.122 e. The summed E-state index contributed by atoms with van der Waals surface area (Å²) < 4.78 is 10.5. The van der Waals surface area contributed by atoms with E-state index in [2.05, 4.69) is 12.1 Å². The fourth-order valence-electron chi connectivity index (χ4n) is 2.45. The van der Waals surface area contributed by atoms with Crippen LogP contribution >= 0.6 is 0 Å². The van der Waals surface area contributed by atoms with Crippen LogP contribution in [-0.4, -0.2) is 20.3 Å². The molecule has 0 aromatic heterocycles. The fraction of sp³-hybridized carbons (Fsp3) is 0.538. The molecule has 1 aliphatic carbocycles. The molecule has 1 fully saturated rings. The summed E-state index contributed by atoms with van der Waals surface area (Å²) in [5, 5.41) is 0. The smallest absolute Gasteiger partial charge is 0.122 e. The third kappa shape index (κ3) is 2.14. The van der Waals surface area contributed by atoms with Gasteiger partial charge in [-0.25, -0.2) is 0 Å². The predicted octanol–water partition coefficient (Wildman–Crippen LogP) is 2.30. The molecule has 1 aliphatic rings. The van der Waals surface area contributed by atoms with Crippen molar-refractivity contribution in [1.29, 1.82) is 0 Å². The molecule has 0 spiro atoms. The molecule has 3 nitrogen and oxygen atoms in total. The van der Waals surface area contributed by atoms with Gasteiger partial charge in [0.15, 0.2) is 0 Å². The maximum atomic E-state index is 6.11. The van der Waals surface area contributed by atoms with E-state index >= 15 is 0 Å². The lowest BCUT2D eigenvalue weighted by atomic mass is 9.94. The molecule has 1 aromatic rings. The zero-order chi connectivity index (χ0) is 11.5. The number of benzene rings is 1. The average molecular weight is 221 g/mol. The summed E-state index contributed by atoms with van der Waals surface area (Å²) in [4.78, 5) is 0. The van der Waals surface area contributed by atoms with Gasteiger partial charge in [0.1, 0.15) is 11.5 Å². The lowest BCUT2D eigenvalue weighted by Crippen LogP contribution is -2.22. The number of hydrogen-bond acceptors (Lipinski definition) is 3. The van der Waals surface area contributed by atoms with Crippen molar-refractivity contribution in [2.75, 3.05) is 14.2 Å².